The van der Waals surface area contributed by atoms with Crippen molar-refractivity contribution in [2.45, 2.75) is 18.5 Å². The topological polar surface area (TPSA) is 120 Å². The molecule has 0 radical (unpaired) electrons. The monoisotopic (exact) mass is 407 g/mol. The number of carbonyl (C=O) groups is 3. The summed E-state index contributed by atoms with van der Waals surface area (Å²) in [6.07, 6.45) is 0.640. The highest BCUT2D eigenvalue weighted by molar-refractivity contribution is 7.99. The summed E-state index contributed by atoms with van der Waals surface area (Å²) in [5.74, 6) is 5.86. The lowest BCUT2D eigenvalue weighted by molar-refractivity contribution is -0.113. The van der Waals surface area contributed by atoms with Crippen LogP contribution in [-0.2, 0) is 11.2 Å². The van der Waals surface area contributed by atoms with Crippen LogP contribution in [0.5, 0.6) is 0 Å². The first kappa shape index (κ1) is 18.9. The second-order valence-corrected chi connectivity index (χ2v) is 7.37. The average molecular weight is 407 g/mol. The third kappa shape index (κ3) is 3.40. The highest BCUT2D eigenvalue weighted by atomic mass is 32.2. The van der Waals surface area contributed by atoms with Gasteiger partial charge in [-0.05, 0) is 18.2 Å². The molecule has 0 aliphatic heterocycles. The molecule has 4 rings (SSSR count). The zero-order valence-corrected chi connectivity index (χ0v) is 16.3. The van der Waals surface area contributed by atoms with Crippen molar-refractivity contribution < 1.29 is 14.4 Å². The van der Waals surface area contributed by atoms with Crippen LogP contribution in [0, 0.1) is 0 Å². The minimum Gasteiger partial charge on any atom is -0.336 e. The number of aromatic nitrogens is 3. The molecule has 3 N–H and O–H groups in total. The van der Waals surface area contributed by atoms with Crippen molar-refractivity contribution in [2.75, 3.05) is 16.9 Å². The maximum absolute atomic E-state index is 12.8. The number of thioether (sulfide) groups is 1. The molecule has 1 aliphatic rings. The summed E-state index contributed by atoms with van der Waals surface area (Å²) in [5, 5.41) is 11.1. The van der Waals surface area contributed by atoms with Crippen LogP contribution in [-0.4, -0.2) is 38.1 Å². The first-order chi connectivity index (χ1) is 14.0. The van der Waals surface area contributed by atoms with Crippen LogP contribution >= 0.6 is 11.8 Å². The molecule has 2 aromatic carbocycles. The van der Waals surface area contributed by atoms with Gasteiger partial charge in [0.05, 0.1) is 5.75 Å². The van der Waals surface area contributed by atoms with Gasteiger partial charge in [0.1, 0.15) is 0 Å². The number of hydrogen-bond acceptors (Lipinski definition) is 7. The quantitative estimate of drug-likeness (QED) is 0.384. The molecular formula is C20H17N5O3S. The van der Waals surface area contributed by atoms with Crippen LogP contribution in [0.15, 0.2) is 47.6 Å². The summed E-state index contributed by atoms with van der Waals surface area (Å²) < 4.78 is 1.36. The number of nitrogens with one attached hydrogen (secondary N) is 1. The molecule has 9 heteroatoms. The Hall–Kier alpha value is -3.46. The Kier molecular flexibility index (Phi) is 4.89. The van der Waals surface area contributed by atoms with Gasteiger partial charge in [-0.1, -0.05) is 43.0 Å². The Morgan fingerprint density at radius 3 is 2.34 bits per heavy atom. The Balaban J connectivity index is 1.49. The van der Waals surface area contributed by atoms with Gasteiger partial charge in [-0.15, -0.1) is 10.2 Å². The number of nitrogen functional groups attached to an aromatic ring is 1. The first-order valence-corrected chi connectivity index (χ1v) is 9.92. The normalized spacial score (nSPS) is 12.4. The molecule has 3 aromatic rings. The lowest BCUT2D eigenvalue weighted by atomic mass is 9.84. The molecule has 0 bridgehead atoms. The number of anilines is 1. The second-order valence-electron chi connectivity index (χ2n) is 6.42. The molecule has 0 saturated heterocycles. The van der Waals surface area contributed by atoms with Gasteiger partial charge in [-0.25, -0.2) is 4.68 Å². The van der Waals surface area contributed by atoms with E-state index in [0.29, 0.717) is 39.8 Å². The highest BCUT2D eigenvalue weighted by Gasteiger charge is 2.29. The molecule has 0 atom stereocenters. The predicted octanol–water partition coefficient (Wildman–Crippen LogP) is 2.06. The Morgan fingerprint density at radius 2 is 1.69 bits per heavy atom. The van der Waals surface area contributed by atoms with E-state index < -0.39 is 0 Å². The van der Waals surface area contributed by atoms with E-state index in [1.165, 1.54) is 10.7 Å². The smallest absolute Gasteiger partial charge is 0.234 e. The fraction of sp³-hybridized carbons (Fsp3) is 0.150. The van der Waals surface area contributed by atoms with Gasteiger partial charge in [-0.2, -0.15) is 0 Å². The standard InChI is InChI=1S/C20H17N5O3S/c1-2-16-23-24-20(25(16)21)29-10-17(26)22-11-7-8-14-15(9-11)19(28)13-6-4-3-5-12(13)18(14)27/h3-9H,2,10,21H2,1H3,(H,22,26). The molecule has 0 unspecified atom stereocenters. The van der Waals surface area contributed by atoms with Gasteiger partial charge < -0.3 is 11.2 Å². The Labute approximate surface area is 170 Å². The number of benzene rings is 2. The summed E-state index contributed by atoms with van der Waals surface area (Å²) in [7, 11) is 0. The molecule has 146 valence electrons. The van der Waals surface area contributed by atoms with Crippen molar-refractivity contribution in [3.63, 3.8) is 0 Å². The molecule has 0 fully saturated rings. The molecular weight excluding hydrogens is 390 g/mol. The number of hydrogen-bond donors (Lipinski definition) is 2. The van der Waals surface area contributed by atoms with E-state index in [4.69, 9.17) is 5.84 Å². The van der Waals surface area contributed by atoms with E-state index in [1.807, 2.05) is 6.92 Å². The van der Waals surface area contributed by atoms with Crippen molar-refractivity contribution >= 4 is 34.9 Å². The van der Waals surface area contributed by atoms with Crippen molar-refractivity contribution in [3.05, 3.63) is 70.5 Å². The van der Waals surface area contributed by atoms with E-state index in [-0.39, 0.29) is 28.8 Å². The number of fused-ring (bicyclic) bond motifs is 2. The van der Waals surface area contributed by atoms with Crippen LogP contribution in [0.25, 0.3) is 0 Å². The molecule has 1 amide bonds. The summed E-state index contributed by atoms with van der Waals surface area (Å²) in [6, 6.07) is 11.4. The lowest BCUT2D eigenvalue weighted by Gasteiger charge is -2.18. The number of carbonyl (C=O) groups excluding carboxylic acids is 3. The number of nitrogens with zero attached hydrogens (tertiary/aromatic N) is 3. The SMILES string of the molecule is CCc1nnc(SCC(=O)Nc2ccc3c(c2)C(=O)c2ccccc2C3=O)n1N. The Morgan fingerprint density at radius 1 is 1.03 bits per heavy atom. The van der Waals surface area contributed by atoms with Crippen LogP contribution in [0.2, 0.25) is 0 Å². The van der Waals surface area contributed by atoms with Crippen LogP contribution in [0.1, 0.15) is 44.6 Å². The molecule has 29 heavy (non-hydrogen) atoms. The number of amides is 1. The number of rotatable bonds is 5. The third-order valence-electron chi connectivity index (χ3n) is 4.59. The Bertz CT molecular complexity index is 1150. The van der Waals surface area contributed by atoms with Crippen LogP contribution in [0.4, 0.5) is 5.69 Å². The highest BCUT2D eigenvalue weighted by Crippen LogP contribution is 2.29. The minimum absolute atomic E-state index is 0.0752. The van der Waals surface area contributed by atoms with Gasteiger partial charge in [0.15, 0.2) is 17.4 Å². The maximum atomic E-state index is 12.8. The van der Waals surface area contributed by atoms with E-state index in [1.54, 1.807) is 36.4 Å². The summed E-state index contributed by atoms with van der Waals surface area (Å²) in [5.41, 5.74) is 1.84. The van der Waals surface area contributed by atoms with E-state index in [2.05, 4.69) is 15.5 Å². The fourth-order valence-corrected chi connectivity index (χ4v) is 3.83. The van der Waals surface area contributed by atoms with Gasteiger partial charge in [0, 0.05) is 34.4 Å². The first-order valence-electron chi connectivity index (χ1n) is 8.94. The second kappa shape index (κ2) is 7.51. The summed E-state index contributed by atoms with van der Waals surface area (Å²) in [4.78, 5) is 37.7. The molecule has 1 aliphatic carbocycles. The average Bonchev–Trinajstić information content (AvgIpc) is 3.10. The van der Waals surface area contributed by atoms with Gasteiger partial charge in [0.25, 0.3) is 0 Å². The predicted molar refractivity (Wildman–Crippen MR) is 109 cm³/mol. The zero-order valence-electron chi connectivity index (χ0n) is 15.5. The summed E-state index contributed by atoms with van der Waals surface area (Å²) in [6.45, 7) is 1.91. The van der Waals surface area contributed by atoms with Crippen molar-refractivity contribution in [2.24, 2.45) is 0 Å². The van der Waals surface area contributed by atoms with Crippen molar-refractivity contribution in [1.82, 2.24) is 14.9 Å². The van der Waals surface area contributed by atoms with Crippen LogP contribution < -0.4 is 11.2 Å². The zero-order chi connectivity index (χ0) is 20.5. The molecule has 8 nitrogen and oxygen atoms in total. The van der Waals surface area contributed by atoms with Gasteiger partial charge in [0.2, 0.25) is 11.1 Å². The molecule has 0 spiro atoms. The van der Waals surface area contributed by atoms with E-state index in [0.717, 1.165) is 11.8 Å². The van der Waals surface area contributed by atoms with Gasteiger partial charge in [-0.3, -0.25) is 14.4 Å². The largest absolute Gasteiger partial charge is 0.336 e. The fourth-order valence-electron chi connectivity index (χ4n) is 3.15. The third-order valence-corrected chi connectivity index (χ3v) is 5.54. The van der Waals surface area contributed by atoms with Gasteiger partial charge >= 0.3 is 0 Å². The number of nitrogens with two attached hydrogens (primary N) is 1. The molecule has 1 heterocycles. The number of ketones is 2. The summed E-state index contributed by atoms with van der Waals surface area (Å²) >= 11 is 1.16. The minimum atomic E-state index is -0.286. The molecule has 1 aromatic heterocycles. The van der Waals surface area contributed by atoms with Crippen LogP contribution in [0.3, 0.4) is 0 Å². The van der Waals surface area contributed by atoms with E-state index in [9.17, 15) is 14.4 Å². The number of aryl methyl sites for hydroxylation is 1. The van der Waals surface area contributed by atoms with E-state index >= 15 is 0 Å². The molecule has 0 saturated carbocycles. The lowest BCUT2D eigenvalue weighted by Crippen LogP contribution is -2.22. The maximum Gasteiger partial charge on any atom is 0.234 e. The van der Waals surface area contributed by atoms with Crippen molar-refractivity contribution in [3.8, 4) is 0 Å². The van der Waals surface area contributed by atoms with Crippen molar-refractivity contribution in [1.29, 1.82) is 0 Å².